The van der Waals surface area contributed by atoms with Gasteiger partial charge in [-0.15, -0.1) is 0 Å². The third-order valence-corrected chi connectivity index (χ3v) is 6.61. The SMILES string of the molecule is C[C@@H](c1cc(-c2ccc(OCc3c(F)ccc(F)c3F)cc2)no1)[C@](O)(Cn1cncn1)c1ccc(F)cc1F. The standard InChI is InChI=1S/C28H21F5N4O3/c1-16(28(38,13-37-15-34-14-35-37)21-7-4-18(29)10-24(21)32)26-11-25(36-40-26)17-2-5-19(6-3-17)39-12-20-22(30)8-9-23(31)27(20)33/h2-11,14-16,38H,12-13H2,1H3/t16-,28+/m0/s1. The molecule has 0 radical (unpaired) electrons. The van der Waals surface area contributed by atoms with Crippen molar-refractivity contribution in [1.29, 1.82) is 0 Å². The van der Waals surface area contributed by atoms with Crippen molar-refractivity contribution in [2.75, 3.05) is 0 Å². The summed E-state index contributed by atoms with van der Waals surface area (Å²) >= 11 is 0. The maximum Gasteiger partial charge on any atom is 0.168 e. The van der Waals surface area contributed by atoms with E-state index in [0.717, 1.165) is 18.2 Å². The summed E-state index contributed by atoms with van der Waals surface area (Å²) in [5.74, 6) is -5.57. The van der Waals surface area contributed by atoms with E-state index in [1.165, 1.54) is 29.5 Å². The van der Waals surface area contributed by atoms with Crippen LogP contribution < -0.4 is 4.74 Å². The van der Waals surface area contributed by atoms with Crippen molar-refractivity contribution < 1.29 is 36.3 Å². The van der Waals surface area contributed by atoms with Crippen LogP contribution in [0.25, 0.3) is 11.3 Å². The molecular weight excluding hydrogens is 535 g/mol. The molecule has 1 N–H and O–H groups in total. The van der Waals surface area contributed by atoms with Gasteiger partial charge in [0.25, 0.3) is 0 Å². The van der Waals surface area contributed by atoms with Gasteiger partial charge in [-0.3, -0.25) is 0 Å². The number of rotatable bonds is 9. The molecule has 40 heavy (non-hydrogen) atoms. The Hall–Kier alpha value is -4.58. The topological polar surface area (TPSA) is 86.2 Å². The zero-order valence-electron chi connectivity index (χ0n) is 20.9. The van der Waals surface area contributed by atoms with Gasteiger partial charge in [0.2, 0.25) is 0 Å². The van der Waals surface area contributed by atoms with Gasteiger partial charge in [-0.2, -0.15) is 5.10 Å². The Morgan fingerprint density at radius 3 is 2.40 bits per heavy atom. The highest BCUT2D eigenvalue weighted by atomic mass is 19.2. The first-order valence-corrected chi connectivity index (χ1v) is 12.0. The van der Waals surface area contributed by atoms with Gasteiger partial charge in [-0.05, 0) is 42.5 Å². The lowest BCUT2D eigenvalue weighted by Gasteiger charge is -2.33. The highest BCUT2D eigenvalue weighted by Crippen LogP contribution is 2.40. The molecule has 0 saturated heterocycles. The summed E-state index contributed by atoms with van der Waals surface area (Å²) in [5.41, 5.74) is -1.68. The summed E-state index contributed by atoms with van der Waals surface area (Å²) in [6.45, 7) is 0.863. The maximum absolute atomic E-state index is 14.8. The van der Waals surface area contributed by atoms with Crippen LogP contribution in [0.1, 0.15) is 29.7 Å². The van der Waals surface area contributed by atoms with Crippen molar-refractivity contribution in [1.82, 2.24) is 19.9 Å². The summed E-state index contributed by atoms with van der Waals surface area (Å²) in [6.07, 6.45) is 2.61. The summed E-state index contributed by atoms with van der Waals surface area (Å²) < 4.78 is 81.8. The third-order valence-electron chi connectivity index (χ3n) is 6.61. The van der Waals surface area contributed by atoms with E-state index < -0.39 is 52.8 Å². The van der Waals surface area contributed by atoms with E-state index >= 15 is 0 Å². The van der Waals surface area contributed by atoms with Crippen molar-refractivity contribution in [3.63, 3.8) is 0 Å². The van der Waals surface area contributed by atoms with Crippen LogP contribution in [0.15, 0.2) is 77.8 Å². The number of benzene rings is 3. The van der Waals surface area contributed by atoms with Crippen LogP contribution in [0.2, 0.25) is 0 Å². The molecule has 2 aromatic heterocycles. The fourth-order valence-corrected chi connectivity index (χ4v) is 4.30. The minimum absolute atomic E-state index is 0.164. The van der Waals surface area contributed by atoms with E-state index in [1.54, 1.807) is 25.1 Å². The first-order chi connectivity index (χ1) is 19.2. The van der Waals surface area contributed by atoms with Gasteiger partial charge in [0.15, 0.2) is 11.6 Å². The second-order valence-electron chi connectivity index (χ2n) is 9.11. The summed E-state index contributed by atoms with van der Waals surface area (Å²) in [5, 5.41) is 19.8. The van der Waals surface area contributed by atoms with Crippen molar-refractivity contribution in [2.45, 2.75) is 31.6 Å². The molecule has 0 amide bonds. The normalized spacial score (nSPS) is 13.7. The Balaban J connectivity index is 1.37. The van der Waals surface area contributed by atoms with Crippen LogP contribution in [0.4, 0.5) is 22.0 Å². The van der Waals surface area contributed by atoms with Crippen LogP contribution in [-0.2, 0) is 18.8 Å². The number of halogens is 5. The Labute approximate surface area is 224 Å². The molecule has 0 aliphatic carbocycles. The molecule has 12 heteroatoms. The van der Waals surface area contributed by atoms with Crippen molar-refractivity contribution in [2.24, 2.45) is 0 Å². The van der Waals surface area contributed by atoms with Gasteiger partial charge in [0.1, 0.15) is 59.5 Å². The molecule has 0 aliphatic heterocycles. The number of aliphatic hydroxyl groups is 1. The number of hydrogen-bond donors (Lipinski definition) is 1. The molecule has 206 valence electrons. The molecule has 3 aromatic carbocycles. The Kier molecular flexibility index (Phi) is 7.35. The largest absolute Gasteiger partial charge is 0.489 e. The molecule has 7 nitrogen and oxygen atoms in total. The number of hydrogen-bond acceptors (Lipinski definition) is 6. The highest BCUT2D eigenvalue weighted by Gasteiger charge is 2.42. The molecular formula is C28H21F5N4O3. The second-order valence-corrected chi connectivity index (χ2v) is 9.11. The Morgan fingerprint density at radius 1 is 0.950 bits per heavy atom. The quantitative estimate of drug-likeness (QED) is 0.180. The molecule has 0 saturated carbocycles. The second kappa shape index (κ2) is 10.9. The van der Waals surface area contributed by atoms with Gasteiger partial charge in [-0.1, -0.05) is 18.1 Å². The Bertz CT molecular complexity index is 1630. The molecule has 0 unspecified atom stereocenters. The summed E-state index contributed by atoms with van der Waals surface area (Å²) in [6, 6.07) is 12.2. The van der Waals surface area contributed by atoms with Crippen molar-refractivity contribution in [3.05, 3.63) is 119 Å². The number of aromatic nitrogens is 4. The van der Waals surface area contributed by atoms with E-state index in [4.69, 9.17) is 9.26 Å². The molecule has 2 heterocycles. The zero-order chi connectivity index (χ0) is 28.4. The van der Waals surface area contributed by atoms with Crippen LogP contribution in [0.5, 0.6) is 5.75 Å². The molecule has 0 bridgehead atoms. The van der Waals surface area contributed by atoms with Gasteiger partial charge in [-0.25, -0.2) is 31.6 Å². The van der Waals surface area contributed by atoms with Crippen molar-refractivity contribution in [3.8, 4) is 17.0 Å². The lowest BCUT2D eigenvalue weighted by atomic mass is 9.80. The summed E-state index contributed by atoms with van der Waals surface area (Å²) in [4.78, 5) is 3.85. The lowest BCUT2D eigenvalue weighted by molar-refractivity contribution is -0.0181. The van der Waals surface area contributed by atoms with Gasteiger partial charge in [0, 0.05) is 23.3 Å². The van der Waals surface area contributed by atoms with E-state index in [9.17, 15) is 27.1 Å². The van der Waals surface area contributed by atoms with Gasteiger partial charge >= 0.3 is 0 Å². The van der Waals surface area contributed by atoms with Crippen LogP contribution in [0, 0.1) is 29.1 Å². The molecule has 0 spiro atoms. The fraction of sp³-hybridized carbons (Fsp3) is 0.179. The average Bonchev–Trinajstić information content (AvgIpc) is 3.63. The first kappa shape index (κ1) is 27.0. The smallest absolute Gasteiger partial charge is 0.168 e. The molecule has 5 aromatic rings. The van der Waals surface area contributed by atoms with E-state index in [-0.39, 0.29) is 23.6 Å². The van der Waals surface area contributed by atoms with Crippen LogP contribution >= 0.6 is 0 Å². The maximum atomic E-state index is 14.8. The number of nitrogens with zero attached hydrogens (tertiary/aromatic N) is 4. The molecule has 0 aliphatic rings. The van der Waals surface area contributed by atoms with Gasteiger partial charge in [0.05, 0.1) is 18.0 Å². The minimum Gasteiger partial charge on any atom is -0.489 e. The first-order valence-electron chi connectivity index (χ1n) is 12.0. The van der Waals surface area contributed by atoms with E-state index in [0.29, 0.717) is 23.4 Å². The predicted octanol–water partition coefficient (Wildman–Crippen LogP) is 5.90. The predicted molar refractivity (Wildman–Crippen MR) is 131 cm³/mol. The zero-order valence-corrected chi connectivity index (χ0v) is 20.9. The molecule has 0 fully saturated rings. The monoisotopic (exact) mass is 556 g/mol. The summed E-state index contributed by atoms with van der Waals surface area (Å²) in [7, 11) is 0. The van der Waals surface area contributed by atoms with E-state index in [1.807, 2.05) is 0 Å². The number of ether oxygens (including phenoxy) is 1. The highest BCUT2D eigenvalue weighted by molar-refractivity contribution is 5.60. The van der Waals surface area contributed by atoms with Gasteiger partial charge < -0.3 is 14.4 Å². The lowest BCUT2D eigenvalue weighted by Crippen LogP contribution is -2.38. The Morgan fingerprint density at radius 2 is 1.70 bits per heavy atom. The van der Waals surface area contributed by atoms with Crippen LogP contribution in [-0.4, -0.2) is 25.0 Å². The van der Waals surface area contributed by atoms with Crippen molar-refractivity contribution >= 4 is 0 Å². The fourth-order valence-electron chi connectivity index (χ4n) is 4.30. The minimum atomic E-state index is -1.93. The molecule has 5 rings (SSSR count). The van der Waals surface area contributed by atoms with Crippen LogP contribution in [0.3, 0.4) is 0 Å². The molecule has 2 atom stereocenters. The van der Waals surface area contributed by atoms with E-state index in [2.05, 4.69) is 15.2 Å². The third kappa shape index (κ3) is 5.30. The average molecular weight is 556 g/mol.